The van der Waals surface area contributed by atoms with Gasteiger partial charge in [0.2, 0.25) is 17.7 Å². The van der Waals surface area contributed by atoms with Gasteiger partial charge in [-0.05, 0) is 150 Å². The quantitative estimate of drug-likeness (QED) is 0.157. The van der Waals surface area contributed by atoms with Gasteiger partial charge in [-0.25, -0.2) is 0 Å². The van der Waals surface area contributed by atoms with Crippen molar-refractivity contribution < 1.29 is 24.0 Å². The minimum atomic E-state index is -0.546. The first kappa shape index (κ1) is 42.7. The van der Waals surface area contributed by atoms with Crippen LogP contribution < -0.4 is 10.6 Å². The van der Waals surface area contributed by atoms with E-state index >= 15 is 0 Å². The zero-order valence-electron chi connectivity index (χ0n) is 35.4. The zero-order valence-corrected chi connectivity index (χ0v) is 35.4. The summed E-state index contributed by atoms with van der Waals surface area (Å²) in [5, 5.41) is 5.74. The number of likely N-dealkylation sites (tertiary alicyclic amines) is 1. The van der Waals surface area contributed by atoms with Gasteiger partial charge in [-0.15, -0.1) is 0 Å². The number of fused-ring (bicyclic) bond motifs is 2. The molecule has 9 nitrogen and oxygen atoms in total. The number of likely N-dealkylation sites (N-methyl/N-ethyl adjacent to an activating group) is 1. The Labute approximate surface area is 341 Å². The van der Waals surface area contributed by atoms with Crippen LogP contribution in [0.5, 0.6) is 0 Å². The topological polar surface area (TPSA) is 116 Å². The second-order valence-electron chi connectivity index (χ2n) is 17.5. The van der Waals surface area contributed by atoms with E-state index in [-0.39, 0.29) is 59.2 Å². The molecule has 3 aliphatic carbocycles. The van der Waals surface area contributed by atoms with E-state index in [1.165, 1.54) is 39.8 Å². The number of nitrogens with zero attached hydrogens (tertiary/aromatic N) is 2. The monoisotopic (exact) mass is 781 g/mol. The van der Waals surface area contributed by atoms with Crippen LogP contribution in [0.2, 0.25) is 0 Å². The van der Waals surface area contributed by atoms with E-state index < -0.39 is 6.04 Å². The van der Waals surface area contributed by atoms with Crippen LogP contribution in [0, 0.1) is 11.8 Å². The molecule has 1 saturated carbocycles. The Morgan fingerprint density at radius 1 is 0.789 bits per heavy atom. The molecule has 4 aliphatic rings. The van der Waals surface area contributed by atoms with Gasteiger partial charge in [-0.3, -0.25) is 24.0 Å². The lowest BCUT2D eigenvalue weighted by atomic mass is 9.75. The third-order valence-corrected chi connectivity index (χ3v) is 14.1. The van der Waals surface area contributed by atoms with Gasteiger partial charge in [0.25, 0.3) is 0 Å². The molecule has 2 aromatic carbocycles. The summed E-state index contributed by atoms with van der Waals surface area (Å²) < 4.78 is 0. The standard InChI is InChI=1S/C48H68N4O5/c1-6-46(55)52-30-14-26-43(52)45(54)27-8-7-15-33-16-10-20-37-35(33)18-11-21-38(37)39-22-12-24-41-40(39)23-13-25-42(41)51(5)48(57)36-19-9-17-34(36)28-29-44(53)31(2)50-47(56)32(3)49-4/h11-12,18,21-22,24,31-34,36,42-43,49H,6-10,13-17,19-20,23,25-30H2,1-5H3,(H,50,56)/t31-,32-,33+,34?,36+,42+,43-/m0/s1. The molecule has 1 aliphatic heterocycles. The fraction of sp³-hybridized carbons (Fsp3) is 0.646. The summed E-state index contributed by atoms with van der Waals surface area (Å²) in [6.45, 7) is 6.12. The largest absolute Gasteiger partial charge is 0.345 e. The van der Waals surface area contributed by atoms with Crippen molar-refractivity contribution in [1.29, 1.82) is 0 Å². The van der Waals surface area contributed by atoms with Gasteiger partial charge in [0.05, 0.1) is 24.2 Å². The maximum absolute atomic E-state index is 14.3. The minimum absolute atomic E-state index is 0.0194. The predicted molar refractivity (Wildman–Crippen MR) is 226 cm³/mol. The van der Waals surface area contributed by atoms with E-state index in [1.54, 1.807) is 20.9 Å². The summed E-state index contributed by atoms with van der Waals surface area (Å²) in [5.41, 5.74) is 8.24. The number of carbonyl (C=O) groups excluding carboxylic acids is 5. The Hall–Kier alpha value is -3.85. The van der Waals surface area contributed by atoms with Crippen LogP contribution in [0.4, 0.5) is 0 Å². The van der Waals surface area contributed by atoms with E-state index in [0.29, 0.717) is 31.6 Å². The Morgan fingerprint density at radius 3 is 2.21 bits per heavy atom. The number of carbonyl (C=O) groups is 5. The smallest absolute Gasteiger partial charge is 0.237 e. The van der Waals surface area contributed by atoms with Gasteiger partial charge in [0.1, 0.15) is 0 Å². The Morgan fingerprint density at radius 2 is 1.49 bits per heavy atom. The first-order valence-electron chi connectivity index (χ1n) is 22.4. The van der Waals surface area contributed by atoms with Crippen LogP contribution in [0.25, 0.3) is 11.1 Å². The highest BCUT2D eigenvalue weighted by Gasteiger charge is 2.39. The summed E-state index contributed by atoms with van der Waals surface area (Å²) in [4.78, 5) is 68.9. The number of rotatable bonds is 17. The van der Waals surface area contributed by atoms with Crippen LogP contribution in [-0.2, 0) is 36.8 Å². The Bertz CT molecular complexity index is 1770. The summed E-state index contributed by atoms with van der Waals surface area (Å²) >= 11 is 0. The van der Waals surface area contributed by atoms with Crippen LogP contribution in [0.15, 0.2) is 36.4 Å². The number of unbranched alkanes of at least 4 members (excludes halogenated alkanes) is 1. The number of hydrogen-bond acceptors (Lipinski definition) is 6. The highest BCUT2D eigenvalue weighted by molar-refractivity contribution is 5.91. The molecule has 2 aromatic rings. The first-order valence-corrected chi connectivity index (χ1v) is 22.4. The molecule has 57 heavy (non-hydrogen) atoms. The van der Waals surface area contributed by atoms with E-state index in [9.17, 15) is 24.0 Å². The van der Waals surface area contributed by atoms with Gasteiger partial charge >= 0.3 is 0 Å². The SMILES string of the molecule is CCC(=O)N1CCC[C@H]1C(=O)CCCC[C@@H]1CCCc2c(-c3cccc4c3CCC[C@H]4N(C)C(=O)[C@@H]3CCCC3CCC(=O)[C@H](C)NC(=O)[C@H](C)NC)cccc21. The van der Waals surface area contributed by atoms with Crippen LogP contribution in [0.1, 0.15) is 158 Å². The van der Waals surface area contributed by atoms with Gasteiger partial charge in [0.15, 0.2) is 11.6 Å². The van der Waals surface area contributed by atoms with Crippen LogP contribution in [0.3, 0.4) is 0 Å². The van der Waals surface area contributed by atoms with Gasteiger partial charge in [-0.1, -0.05) is 56.2 Å². The molecule has 1 heterocycles. The number of hydrogen-bond donors (Lipinski definition) is 2. The molecular weight excluding hydrogens is 713 g/mol. The molecule has 6 rings (SSSR count). The second kappa shape index (κ2) is 19.7. The first-order chi connectivity index (χ1) is 27.5. The van der Waals surface area contributed by atoms with E-state index in [0.717, 1.165) is 90.0 Å². The lowest BCUT2D eigenvalue weighted by molar-refractivity contribution is -0.138. The number of benzene rings is 2. The lowest BCUT2D eigenvalue weighted by Crippen LogP contribution is -2.47. The number of nitrogens with one attached hydrogen (secondary N) is 2. The predicted octanol–water partition coefficient (Wildman–Crippen LogP) is 8.02. The summed E-state index contributed by atoms with van der Waals surface area (Å²) in [5.74, 6) is 0.967. The van der Waals surface area contributed by atoms with Crippen molar-refractivity contribution in [2.45, 2.75) is 166 Å². The maximum Gasteiger partial charge on any atom is 0.237 e. The fourth-order valence-corrected chi connectivity index (χ4v) is 10.7. The highest BCUT2D eigenvalue weighted by atomic mass is 16.2. The van der Waals surface area contributed by atoms with Crippen molar-refractivity contribution in [2.75, 3.05) is 20.6 Å². The summed E-state index contributed by atoms with van der Waals surface area (Å²) in [6, 6.07) is 12.5. The fourth-order valence-electron chi connectivity index (χ4n) is 10.7. The average Bonchev–Trinajstić information content (AvgIpc) is 3.93. The Kier molecular flexibility index (Phi) is 14.8. The third kappa shape index (κ3) is 9.72. The summed E-state index contributed by atoms with van der Waals surface area (Å²) in [6.07, 6.45) is 16.0. The molecule has 7 atom stereocenters. The normalized spacial score (nSPS) is 23.9. The Balaban J connectivity index is 1.09. The van der Waals surface area contributed by atoms with E-state index in [1.807, 2.05) is 23.8 Å². The van der Waals surface area contributed by atoms with E-state index in [2.05, 4.69) is 47.0 Å². The molecule has 3 amide bonds. The second-order valence-corrected chi connectivity index (χ2v) is 17.5. The third-order valence-electron chi connectivity index (χ3n) is 14.1. The molecule has 0 bridgehead atoms. The van der Waals surface area contributed by atoms with Gasteiger partial charge in [0, 0.05) is 38.8 Å². The molecule has 1 unspecified atom stereocenters. The molecule has 9 heteroatoms. The molecule has 1 saturated heterocycles. The van der Waals surface area contributed by atoms with Crippen molar-refractivity contribution in [3.05, 3.63) is 58.7 Å². The van der Waals surface area contributed by atoms with Crippen molar-refractivity contribution >= 4 is 29.3 Å². The minimum Gasteiger partial charge on any atom is -0.345 e. The maximum atomic E-state index is 14.3. The molecule has 0 spiro atoms. The van der Waals surface area contributed by atoms with Gasteiger partial charge < -0.3 is 20.4 Å². The van der Waals surface area contributed by atoms with E-state index in [4.69, 9.17) is 0 Å². The zero-order chi connectivity index (χ0) is 40.6. The van der Waals surface area contributed by atoms with Crippen molar-refractivity contribution in [1.82, 2.24) is 20.4 Å². The molecular formula is C48H68N4O5. The lowest BCUT2D eigenvalue weighted by Gasteiger charge is -2.37. The van der Waals surface area contributed by atoms with Crippen molar-refractivity contribution in [3.8, 4) is 11.1 Å². The molecule has 2 fully saturated rings. The number of amides is 3. The molecule has 310 valence electrons. The number of ketones is 2. The summed E-state index contributed by atoms with van der Waals surface area (Å²) in [7, 11) is 3.72. The molecule has 2 N–H and O–H groups in total. The average molecular weight is 781 g/mol. The van der Waals surface area contributed by atoms with Crippen molar-refractivity contribution in [3.63, 3.8) is 0 Å². The number of Topliss-reactive ketones (excluding diaryl/α,β-unsaturated/α-hetero) is 2. The van der Waals surface area contributed by atoms with Crippen molar-refractivity contribution in [2.24, 2.45) is 11.8 Å². The molecule has 0 radical (unpaired) electrons. The molecule has 0 aromatic heterocycles. The van der Waals surface area contributed by atoms with Crippen LogP contribution in [-0.4, -0.2) is 77.9 Å². The highest BCUT2D eigenvalue weighted by Crippen LogP contribution is 2.45. The van der Waals surface area contributed by atoms with Gasteiger partial charge in [-0.2, -0.15) is 0 Å². The van der Waals surface area contributed by atoms with Crippen LogP contribution >= 0.6 is 0 Å².